The summed E-state index contributed by atoms with van der Waals surface area (Å²) < 4.78 is 20.5. The first-order chi connectivity index (χ1) is 8.66. The Labute approximate surface area is 105 Å². The van der Waals surface area contributed by atoms with Gasteiger partial charge in [-0.25, -0.2) is 4.39 Å². The molecule has 18 heavy (non-hydrogen) atoms. The monoisotopic (exact) mass is 249 g/mol. The molecule has 1 aromatic carbocycles. The Morgan fingerprint density at radius 3 is 3.00 bits per heavy atom. The van der Waals surface area contributed by atoms with Gasteiger partial charge >= 0.3 is 0 Å². The smallest absolute Gasteiger partial charge is 0.124 e. The minimum atomic E-state index is -0.304. The lowest BCUT2D eigenvalue weighted by Gasteiger charge is -2.14. The van der Waals surface area contributed by atoms with Crippen LogP contribution in [0.1, 0.15) is 18.5 Å². The second kappa shape index (κ2) is 5.64. The SMILES string of the molecule is C[C@H](N)c1cc(F)ccc1OCCn1cccn1. The molecule has 0 saturated carbocycles. The van der Waals surface area contributed by atoms with Crippen LogP contribution in [0.5, 0.6) is 5.75 Å². The minimum Gasteiger partial charge on any atom is -0.491 e. The van der Waals surface area contributed by atoms with Crippen molar-refractivity contribution in [2.75, 3.05) is 6.61 Å². The number of ether oxygens (including phenoxy) is 1. The van der Waals surface area contributed by atoms with Crippen molar-refractivity contribution in [2.24, 2.45) is 5.73 Å². The number of hydrogen-bond donors (Lipinski definition) is 1. The van der Waals surface area contributed by atoms with E-state index in [1.165, 1.54) is 12.1 Å². The highest BCUT2D eigenvalue weighted by atomic mass is 19.1. The first kappa shape index (κ1) is 12.6. The number of benzene rings is 1. The third-order valence-corrected chi connectivity index (χ3v) is 2.60. The van der Waals surface area contributed by atoms with E-state index in [9.17, 15) is 4.39 Å². The van der Waals surface area contributed by atoms with Crippen LogP contribution in [0.2, 0.25) is 0 Å². The average molecular weight is 249 g/mol. The largest absolute Gasteiger partial charge is 0.491 e. The molecule has 0 bridgehead atoms. The highest BCUT2D eigenvalue weighted by Crippen LogP contribution is 2.24. The van der Waals surface area contributed by atoms with E-state index in [1.54, 1.807) is 23.9 Å². The second-order valence-corrected chi connectivity index (χ2v) is 4.09. The molecule has 0 radical (unpaired) electrons. The van der Waals surface area contributed by atoms with Gasteiger partial charge in [0.05, 0.1) is 6.54 Å². The van der Waals surface area contributed by atoms with Crippen LogP contribution >= 0.6 is 0 Å². The molecule has 2 aromatic rings. The minimum absolute atomic E-state index is 0.264. The summed E-state index contributed by atoms with van der Waals surface area (Å²) in [4.78, 5) is 0. The molecule has 0 saturated heterocycles. The maximum absolute atomic E-state index is 13.1. The van der Waals surface area contributed by atoms with Crippen molar-refractivity contribution >= 4 is 0 Å². The summed E-state index contributed by atoms with van der Waals surface area (Å²) in [5.41, 5.74) is 6.46. The fourth-order valence-corrected chi connectivity index (χ4v) is 1.69. The summed E-state index contributed by atoms with van der Waals surface area (Å²) in [7, 11) is 0. The number of halogens is 1. The first-order valence-corrected chi connectivity index (χ1v) is 5.82. The van der Waals surface area contributed by atoms with Crippen molar-refractivity contribution < 1.29 is 9.13 Å². The van der Waals surface area contributed by atoms with Crippen LogP contribution in [-0.2, 0) is 6.54 Å². The van der Waals surface area contributed by atoms with E-state index < -0.39 is 0 Å². The molecule has 0 aliphatic rings. The van der Waals surface area contributed by atoms with Crippen LogP contribution in [0.15, 0.2) is 36.7 Å². The molecular formula is C13H16FN3O. The van der Waals surface area contributed by atoms with Crippen molar-refractivity contribution in [2.45, 2.75) is 19.5 Å². The summed E-state index contributed by atoms with van der Waals surface area (Å²) in [6, 6.07) is 5.98. The predicted octanol–water partition coefficient (Wildman–Crippen LogP) is 2.12. The van der Waals surface area contributed by atoms with E-state index in [4.69, 9.17) is 10.5 Å². The zero-order valence-electron chi connectivity index (χ0n) is 10.2. The van der Waals surface area contributed by atoms with Crippen molar-refractivity contribution in [3.05, 3.63) is 48.0 Å². The summed E-state index contributed by atoms with van der Waals surface area (Å²) in [5.74, 6) is 0.320. The Hall–Kier alpha value is -1.88. The van der Waals surface area contributed by atoms with E-state index >= 15 is 0 Å². The maximum Gasteiger partial charge on any atom is 0.124 e. The van der Waals surface area contributed by atoms with Crippen LogP contribution in [0.3, 0.4) is 0 Å². The molecule has 0 amide bonds. The van der Waals surface area contributed by atoms with Gasteiger partial charge in [-0.1, -0.05) is 0 Å². The van der Waals surface area contributed by atoms with Crippen LogP contribution in [0, 0.1) is 5.82 Å². The van der Waals surface area contributed by atoms with Gasteiger partial charge in [-0.3, -0.25) is 4.68 Å². The average Bonchev–Trinajstić information content (AvgIpc) is 2.84. The zero-order valence-corrected chi connectivity index (χ0v) is 10.2. The Morgan fingerprint density at radius 2 is 2.33 bits per heavy atom. The van der Waals surface area contributed by atoms with Gasteiger partial charge in [0, 0.05) is 24.0 Å². The lowest BCUT2D eigenvalue weighted by molar-refractivity contribution is 0.287. The van der Waals surface area contributed by atoms with Crippen LogP contribution in [-0.4, -0.2) is 16.4 Å². The highest BCUT2D eigenvalue weighted by molar-refractivity contribution is 5.36. The molecule has 5 heteroatoms. The summed E-state index contributed by atoms with van der Waals surface area (Å²) in [5, 5.41) is 4.07. The quantitative estimate of drug-likeness (QED) is 0.883. The van der Waals surface area contributed by atoms with Gasteiger partial charge in [-0.15, -0.1) is 0 Å². The van der Waals surface area contributed by atoms with Gasteiger partial charge in [-0.05, 0) is 31.2 Å². The van der Waals surface area contributed by atoms with E-state index in [1.807, 2.05) is 12.3 Å². The summed E-state index contributed by atoms with van der Waals surface area (Å²) in [6.45, 7) is 2.91. The summed E-state index contributed by atoms with van der Waals surface area (Å²) in [6.07, 6.45) is 3.58. The predicted molar refractivity (Wildman–Crippen MR) is 66.7 cm³/mol. The molecule has 0 aliphatic heterocycles. The van der Waals surface area contributed by atoms with Crippen LogP contribution < -0.4 is 10.5 Å². The maximum atomic E-state index is 13.1. The van der Waals surface area contributed by atoms with Crippen molar-refractivity contribution in [1.29, 1.82) is 0 Å². The number of nitrogens with zero attached hydrogens (tertiary/aromatic N) is 2. The molecule has 0 fully saturated rings. The topological polar surface area (TPSA) is 53.1 Å². The molecule has 96 valence electrons. The van der Waals surface area contributed by atoms with E-state index in [0.29, 0.717) is 24.5 Å². The molecule has 0 aliphatic carbocycles. The fourth-order valence-electron chi connectivity index (χ4n) is 1.69. The van der Waals surface area contributed by atoms with E-state index in [-0.39, 0.29) is 11.9 Å². The van der Waals surface area contributed by atoms with Crippen molar-refractivity contribution in [3.8, 4) is 5.75 Å². The standard InChI is InChI=1S/C13H16FN3O/c1-10(15)12-9-11(14)3-4-13(12)18-8-7-17-6-2-5-16-17/h2-6,9-10H,7-8,15H2,1H3/t10-/m0/s1. The molecule has 2 rings (SSSR count). The number of aromatic nitrogens is 2. The lowest BCUT2D eigenvalue weighted by atomic mass is 10.1. The van der Waals surface area contributed by atoms with E-state index in [2.05, 4.69) is 5.10 Å². The lowest BCUT2D eigenvalue weighted by Crippen LogP contribution is -2.12. The van der Waals surface area contributed by atoms with Crippen LogP contribution in [0.25, 0.3) is 0 Å². The van der Waals surface area contributed by atoms with Crippen LogP contribution in [0.4, 0.5) is 4.39 Å². The Morgan fingerprint density at radius 1 is 1.50 bits per heavy atom. The zero-order chi connectivity index (χ0) is 13.0. The Bertz CT molecular complexity index is 497. The number of rotatable bonds is 5. The molecule has 4 nitrogen and oxygen atoms in total. The molecule has 0 spiro atoms. The van der Waals surface area contributed by atoms with Crippen molar-refractivity contribution in [3.63, 3.8) is 0 Å². The van der Waals surface area contributed by atoms with Gasteiger partial charge in [0.1, 0.15) is 18.2 Å². The fraction of sp³-hybridized carbons (Fsp3) is 0.308. The first-order valence-electron chi connectivity index (χ1n) is 5.82. The Balaban J connectivity index is 2.00. The highest BCUT2D eigenvalue weighted by Gasteiger charge is 2.09. The van der Waals surface area contributed by atoms with Gasteiger partial charge in [0.2, 0.25) is 0 Å². The molecule has 2 N–H and O–H groups in total. The molecule has 1 atom stereocenters. The van der Waals surface area contributed by atoms with Gasteiger partial charge in [0.15, 0.2) is 0 Å². The van der Waals surface area contributed by atoms with Gasteiger partial charge in [0.25, 0.3) is 0 Å². The normalized spacial score (nSPS) is 12.4. The third kappa shape index (κ3) is 3.07. The molecule has 1 aromatic heterocycles. The third-order valence-electron chi connectivity index (χ3n) is 2.60. The molecule has 1 heterocycles. The summed E-state index contributed by atoms with van der Waals surface area (Å²) >= 11 is 0. The molecular weight excluding hydrogens is 233 g/mol. The van der Waals surface area contributed by atoms with Crippen molar-refractivity contribution in [1.82, 2.24) is 9.78 Å². The second-order valence-electron chi connectivity index (χ2n) is 4.09. The number of nitrogens with two attached hydrogens (primary N) is 1. The van der Waals surface area contributed by atoms with Gasteiger partial charge < -0.3 is 10.5 Å². The Kier molecular flexibility index (Phi) is 3.94. The number of hydrogen-bond acceptors (Lipinski definition) is 3. The van der Waals surface area contributed by atoms with E-state index in [0.717, 1.165) is 0 Å². The molecule has 0 unspecified atom stereocenters. The van der Waals surface area contributed by atoms with Gasteiger partial charge in [-0.2, -0.15) is 5.10 Å².